The molecule has 1 aromatic carbocycles. The maximum Gasteiger partial charge on any atom is 0.262 e. The summed E-state index contributed by atoms with van der Waals surface area (Å²) in [6, 6.07) is 8.95. The summed E-state index contributed by atoms with van der Waals surface area (Å²) in [7, 11) is 3.09. The molecule has 4 rings (SSSR count). The molecular formula is C26H30N4O4S. The number of pyridine rings is 1. The van der Waals surface area contributed by atoms with Crippen molar-refractivity contribution in [3.05, 3.63) is 64.2 Å². The van der Waals surface area contributed by atoms with Crippen molar-refractivity contribution >= 4 is 28.6 Å². The summed E-state index contributed by atoms with van der Waals surface area (Å²) in [6.45, 7) is 0.864. The van der Waals surface area contributed by atoms with E-state index < -0.39 is 0 Å². The van der Waals surface area contributed by atoms with Gasteiger partial charge in [0.2, 0.25) is 5.91 Å². The van der Waals surface area contributed by atoms with Crippen LogP contribution in [0.4, 0.5) is 0 Å². The minimum Gasteiger partial charge on any atom is -0.493 e. The Morgan fingerprint density at radius 3 is 2.71 bits per heavy atom. The molecule has 0 atom stereocenters. The van der Waals surface area contributed by atoms with Gasteiger partial charge in [0.25, 0.3) is 5.56 Å². The molecule has 0 aliphatic heterocycles. The number of amides is 1. The third-order valence-corrected chi connectivity index (χ3v) is 6.97. The molecule has 0 saturated heterocycles. The third-order valence-electron chi connectivity index (χ3n) is 5.99. The van der Waals surface area contributed by atoms with E-state index in [1.165, 1.54) is 30.2 Å². The van der Waals surface area contributed by atoms with Crippen LogP contribution in [-0.4, -0.2) is 40.4 Å². The van der Waals surface area contributed by atoms with Gasteiger partial charge in [-0.25, -0.2) is 4.98 Å². The molecule has 1 aliphatic carbocycles. The van der Waals surface area contributed by atoms with Gasteiger partial charge in [-0.3, -0.25) is 19.1 Å². The molecule has 1 aliphatic rings. The normalized spacial score (nSPS) is 13.4. The van der Waals surface area contributed by atoms with Crippen molar-refractivity contribution in [1.82, 2.24) is 19.9 Å². The average Bonchev–Trinajstić information content (AvgIpc) is 2.90. The van der Waals surface area contributed by atoms with Gasteiger partial charge in [0.05, 0.1) is 43.1 Å². The monoisotopic (exact) mass is 494 g/mol. The Balaban J connectivity index is 1.58. The number of nitrogens with one attached hydrogen (secondary N) is 1. The summed E-state index contributed by atoms with van der Waals surface area (Å²) in [6.07, 6.45) is 9.34. The summed E-state index contributed by atoms with van der Waals surface area (Å²) in [5.41, 5.74) is 2.52. The first-order chi connectivity index (χ1) is 17.1. The van der Waals surface area contributed by atoms with Gasteiger partial charge in [0, 0.05) is 18.8 Å². The zero-order valence-electron chi connectivity index (χ0n) is 20.1. The summed E-state index contributed by atoms with van der Waals surface area (Å²) in [4.78, 5) is 35.0. The molecule has 1 N–H and O–H groups in total. The fraction of sp³-hybridized carbons (Fsp3) is 0.385. The highest BCUT2D eigenvalue weighted by Gasteiger charge is 2.17. The van der Waals surface area contributed by atoms with Crippen molar-refractivity contribution in [1.29, 1.82) is 0 Å². The molecule has 0 radical (unpaired) electrons. The first-order valence-corrected chi connectivity index (χ1v) is 12.7. The largest absolute Gasteiger partial charge is 0.493 e. The zero-order valence-corrected chi connectivity index (χ0v) is 20.9. The lowest BCUT2D eigenvalue weighted by Gasteiger charge is -2.17. The minimum absolute atomic E-state index is 0.140. The highest BCUT2D eigenvalue weighted by molar-refractivity contribution is 7.99. The number of carbonyl (C=O) groups is 1. The summed E-state index contributed by atoms with van der Waals surface area (Å²) in [5.74, 6) is 0.973. The van der Waals surface area contributed by atoms with E-state index in [1.54, 1.807) is 37.1 Å². The summed E-state index contributed by atoms with van der Waals surface area (Å²) >= 11 is 1.26. The molecule has 2 aromatic heterocycles. The van der Waals surface area contributed by atoms with E-state index in [0.717, 1.165) is 25.0 Å². The molecule has 0 bridgehead atoms. The van der Waals surface area contributed by atoms with Crippen LogP contribution < -0.4 is 20.3 Å². The molecule has 1 amide bonds. The Morgan fingerprint density at radius 1 is 1.17 bits per heavy atom. The maximum absolute atomic E-state index is 13.5. The predicted octanol–water partition coefficient (Wildman–Crippen LogP) is 4.11. The number of fused-ring (bicyclic) bond motifs is 1. The molecular weight excluding hydrogens is 464 g/mol. The molecule has 8 nitrogen and oxygen atoms in total. The van der Waals surface area contributed by atoms with Crippen molar-refractivity contribution in [2.75, 3.05) is 20.0 Å². The van der Waals surface area contributed by atoms with Crippen LogP contribution in [0, 0.1) is 0 Å². The molecule has 184 valence electrons. The SMILES string of the molecule is COc1cc2nc(SCC(=O)NCc3ccccn3)n(CCC3=CCCCC3)c(=O)c2cc1OC. The van der Waals surface area contributed by atoms with Gasteiger partial charge in [-0.05, 0) is 50.3 Å². The number of thioether (sulfide) groups is 1. The van der Waals surface area contributed by atoms with Gasteiger partial charge in [-0.2, -0.15) is 0 Å². The molecule has 0 fully saturated rings. The van der Waals surface area contributed by atoms with Gasteiger partial charge in [-0.1, -0.05) is 29.5 Å². The van der Waals surface area contributed by atoms with E-state index in [2.05, 4.69) is 16.4 Å². The van der Waals surface area contributed by atoms with Gasteiger partial charge >= 0.3 is 0 Å². The van der Waals surface area contributed by atoms with Crippen LogP contribution >= 0.6 is 11.8 Å². The summed E-state index contributed by atoms with van der Waals surface area (Å²) < 4.78 is 12.5. The highest BCUT2D eigenvalue weighted by Crippen LogP contribution is 2.31. The standard InChI is InChI=1S/C26H30N4O4S/c1-33-22-14-20-21(15-23(22)34-2)29-26(30(25(20)32)13-11-18-8-4-3-5-9-18)35-17-24(31)28-16-19-10-6-7-12-27-19/h6-8,10,12,14-15H,3-5,9,11,13,16-17H2,1-2H3,(H,28,31). The third kappa shape index (κ3) is 6.22. The lowest BCUT2D eigenvalue weighted by molar-refractivity contribution is -0.118. The molecule has 9 heteroatoms. The van der Waals surface area contributed by atoms with Crippen molar-refractivity contribution in [2.45, 2.75) is 50.4 Å². The quantitative estimate of drug-likeness (QED) is 0.257. The molecule has 0 saturated carbocycles. The number of hydrogen-bond acceptors (Lipinski definition) is 7. The van der Waals surface area contributed by atoms with Crippen LogP contribution in [0.25, 0.3) is 10.9 Å². The number of nitrogens with zero attached hydrogens (tertiary/aromatic N) is 3. The van der Waals surface area contributed by atoms with Crippen molar-refractivity contribution in [3.63, 3.8) is 0 Å². The van der Waals surface area contributed by atoms with Gasteiger partial charge in [0.15, 0.2) is 16.7 Å². The van der Waals surface area contributed by atoms with Gasteiger partial charge in [0.1, 0.15) is 0 Å². The van der Waals surface area contributed by atoms with Crippen LogP contribution in [0.2, 0.25) is 0 Å². The number of rotatable bonds is 10. The number of benzene rings is 1. The molecule has 0 unspecified atom stereocenters. The van der Waals surface area contributed by atoms with E-state index in [-0.39, 0.29) is 17.2 Å². The number of carbonyl (C=O) groups excluding carboxylic acids is 1. The Bertz CT molecular complexity index is 1270. The van der Waals surface area contributed by atoms with E-state index in [0.29, 0.717) is 40.6 Å². The van der Waals surface area contributed by atoms with Gasteiger partial charge in [-0.15, -0.1) is 0 Å². The van der Waals surface area contributed by atoms with E-state index in [1.807, 2.05) is 18.2 Å². The Labute approximate surface area is 208 Å². The van der Waals surface area contributed by atoms with Crippen LogP contribution in [0.5, 0.6) is 11.5 Å². The first kappa shape index (κ1) is 24.8. The second kappa shape index (κ2) is 11.9. The first-order valence-electron chi connectivity index (χ1n) is 11.7. The van der Waals surface area contributed by atoms with Crippen LogP contribution in [0.3, 0.4) is 0 Å². The molecule has 3 aromatic rings. The van der Waals surface area contributed by atoms with Crippen LogP contribution in [0.1, 0.15) is 37.8 Å². The number of ether oxygens (including phenoxy) is 2. The maximum atomic E-state index is 13.5. The zero-order chi connectivity index (χ0) is 24.6. The van der Waals surface area contributed by atoms with Crippen molar-refractivity contribution in [2.24, 2.45) is 0 Å². The second-order valence-electron chi connectivity index (χ2n) is 8.32. The molecule has 35 heavy (non-hydrogen) atoms. The van der Waals surface area contributed by atoms with E-state index in [9.17, 15) is 9.59 Å². The number of hydrogen-bond donors (Lipinski definition) is 1. The molecule has 0 spiro atoms. The Hall–Kier alpha value is -3.33. The average molecular weight is 495 g/mol. The van der Waals surface area contributed by atoms with Crippen molar-refractivity contribution < 1.29 is 14.3 Å². The molecule has 2 heterocycles. The Kier molecular flexibility index (Phi) is 8.41. The lowest BCUT2D eigenvalue weighted by Crippen LogP contribution is -2.27. The summed E-state index contributed by atoms with van der Waals surface area (Å²) in [5, 5.41) is 3.85. The number of methoxy groups -OCH3 is 2. The van der Waals surface area contributed by atoms with Crippen molar-refractivity contribution in [3.8, 4) is 11.5 Å². The number of aromatic nitrogens is 3. The van der Waals surface area contributed by atoms with Crippen LogP contribution in [0.15, 0.2) is 58.1 Å². The van der Waals surface area contributed by atoms with Crippen LogP contribution in [-0.2, 0) is 17.9 Å². The second-order valence-corrected chi connectivity index (χ2v) is 9.26. The fourth-order valence-electron chi connectivity index (χ4n) is 4.10. The highest BCUT2D eigenvalue weighted by atomic mass is 32.2. The minimum atomic E-state index is -0.149. The Morgan fingerprint density at radius 2 is 2.00 bits per heavy atom. The number of allylic oxidation sites excluding steroid dienone is 2. The van der Waals surface area contributed by atoms with E-state index >= 15 is 0 Å². The fourth-order valence-corrected chi connectivity index (χ4v) is 4.95. The van der Waals surface area contributed by atoms with E-state index in [4.69, 9.17) is 14.5 Å². The lowest BCUT2D eigenvalue weighted by atomic mass is 9.97. The predicted molar refractivity (Wildman–Crippen MR) is 137 cm³/mol. The smallest absolute Gasteiger partial charge is 0.262 e. The topological polar surface area (TPSA) is 95.3 Å². The van der Waals surface area contributed by atoms with Gasteiger partial charge < -0.3 is 14.8 Å².